The lowest BCUT2D eigenvalue weighted by molar-refractivity contribution is 0.115. The lowest BCUT2D eigenvalue weighted by Crippen LogP contribution is -2.35. The topological polar surface area (TPSA) is 56.8 Å². The largest absolute Gasteiger partial charge is 0.497 e. The molecule has 1 aliphatic rings. The summed E-state index contributed by atoms with van der Waals surface area (Å²) in [5.74, 6) is 1.42. The van der Waals surface area contributed by atoms with Gasteiger partial charge in [0.05, 0.1) is 26.9 Å². The first-order valence-corrected chi connectivity index (χ1v) is 5.39. The van der Waals surface area contributed by atoms with E-state index in [2.05, 4.69) is 5.32 Å². The Labute approximate surface area is 112 Å². The Morgan fingerprint density at radius 2 is 1.83 bits per heavy atom. The zero-order valence-corrected chi connectivity index (χ0v) is 11.1. The van der Waals surface area contributed by atoms with Gasteiger partial charge < -0.3 is 19.5 Å². The molecule has 0 radical (unpaired) electrons. The summed E-state index contributed by atoms with van der Waals surface area (Å²) in [6.07, 6.45) is 0.352. The molecule has 2 rings (SSSR count). The number of benzene rings is 1. The number of hydrogen-bond acceptors (Lipinski definition) is 4. The molecule has 1 aliphatic heterocycles. The third-order valence-corrected chi connectivity index (χ3v) is 2.71. The van der Waals surface area contributed by atoms with Gasteiger partial charge in [-0.05, 0) is 17.7 Å². The maximum Gasteiger partial charge on any atom is 0.407 e. The highest BCUT2D eigenvalue weighted by Gasteiger charge is 2.21. The molecular formula is C12H16ClNO4. The Hall–Kier alpha value is -1.62. The van der Waals surface area contributed by atoms with Crippen LogP contribution < -0.4 is 14.8 Å². The first kappa shape index (κ1) is 14.4. The van der Waals surface area contributed by atoms with Crippen LogP contribution in [-0.4, -0.2) is 26.9 Å². The number of carbonyl (C=O) groups is 1. The molecule has 1 atom stereocenters. The summed E-state index contributed by atoms with van der Waals surface area (Å²) in [5, 5.41) is 2.76. The molecule has 0 saturated carbocycles. The highest BCUT2D eigenvalue weighted by Crippen LogP contribution is 2.29. The standard InChI is InChI=1S/C12H15NO4.ClH/c1-15-9-5-8(6-10(7-9)16-2)11-3-4-17-12(14)13-11;/h5-7,11H,3-4H2,1-2H3,(H,13,14);1H/t11-;/m1./s1. The Morgan fingerprint density at radius 1 is 1.22 bits per heavy atom. The summed E-state index contributed by atoms with van der Waals surface area (Å²) in [4.78, 5) is 11.2. The highest BCUT2D eigenvalue weighted by molar-refractivity contribution is 5.85. The number of cyclic esters (lactones) is 1. The number of halogens is 1. The van der Waals surface area contributed by atoms with Crippen LogP contribution >= 0.6 is 12.4 Å². The van der Waals surface area contributed by atoms with Gasteiger partial charge in [-0.3, -0.25) is 0 Å². The van der Waals surface area contributed by atoms with Crippen LogP contribution in [0.3, 0.4) is 0 Å². The van der Waals surface area contributed by atoms with Crippen molar-refractivity contribution < 1.29 is 19.0 Å². The van der Waals surface area contributed by atoms with Crippen LogP contribution in [-0.2, 0) is 4.74 Å². The molecule has 6 heteroatoms. The quantitative estimate of drug-likeness (QED) is 0.918. The van der Waals surface area contributed by atoms with Gasteiger partial charge in [0.2, 0.25) is 0 Å². The molecular weight excluding hydrogens is 258 g/mol. The fourth-order valence-electron chi connectivity index (χ4n) is 1.81. The number of ether oxygens (including phenoxy) is 3. The number of carbonyl (C=O) groups excluding carboxylic acids is 1. The van der Waals surface area contributed by atoms with Gasteiger partial charge in [0.25, 0.3) is 0 Å². The third kappa shape index (κ3) is 3.20. The van der Waals surface area contributed by atoms with Gasteiger partial charge in [-0.25, -0.2) is 4.79 Å². The van der Waals surface area contributed by atoms with E-state index in [0.29, 0.717) is 18.1 Å². The third-order valence-electron chi connectivity index (χ3n) is 2.71. The second-order valence-corrected chi connectivity index (χ2v) is 3.77. The molecule has 1 aromatic carbocycles. The van der Waals surface area contributed by atoms with Crippen molar-refractivity contribution in [1.82, 2.24) is 5.32 Å². The molecule has 1 fully saturated rings. The zero-order chi connectivity index (χ0) is 12.3. The van der Waals surface area contributed by atoms with Crippen LogP contribution in [0.1, 0.15) is 18.0 Å². The number of rotatable bonds is 3. The molecule has 0 bridgehead atoms. The van der Waals surface area contributed by atoms with Crippen molar-refractivity contribution in [2.24, 2.45) is 0 Å². The Morgan fingerprint density at radius 3 is 2.33 bits per heavy atom. The van der Waals surface area contributed by atoms with Crippen LogP contribution in [0.5, 0.6) is 11.5 Å². The van der Waals surface area contributed by atoms with Crippen LogP contribution in [0.15, 0.2) is 18.2 Å². The maximum absolute atomic E-state index is 11.2. The molecule has 0 unspecified atom stereocenters. The molecule has 1 aromatic rings. The van der Waals surface area contributed by atoms with Crippen LogP contribution in [0.4, 0.5) is 4.79 Å². The number of alkyl carbamates (subject to hydrolysis) is 1. The predicted molar refractivity (Wildman–Crippen MR) is 68.6 cm³/mol. The van der Waals surface area contributed by atoms with Crippen molar-refractivity contribution in [2.45, 2.75) is 12.5 Å². The fourth-order valence-corrected chi connectivity index (χ4v) is 1.81. The Kier molecular flexibility index (Phi) is 5.09. The average molecular weight is 274 g/mol. The molecule has 100 valence electrons. The maximum atomic E-state index is 11.2. The van der Waals surface area contributed by atoms with Gasteiger partial charge in [0.15, 0.2) is 0 Å². The molecule has 0 aliphatic carbocycles. The molecule has 1 N–H and O–H groups in total. The van der Waals surface area contributed by atoms with Crippen molar-refractivity contribution in [3.05, 3.63) is 23.8 Å². The fraction of sp³-hybridized carbons (Fsp3) is 0.417. The number of amides is 1. The zero-order valence-electron chi connectivity index (χ0n) is 10.3. The molecule has 0 spiro atoms. The van der Waals surface area contributed by atoms with Crippen LogP contribution in [0, 0.1) is 0 Å². The van der Waals surface area contributed by atoms with Gasteiger partial charge in [-0.1, -0.05) is 0 Å². The smallest absolute Gasteiger partial charge is 0.407 e. The number of nitrogens with one attached hydrogen (secondary N) is 1. The highest BCUT2D eigenvalue weighted by atomic mass is 35.5. The molecule has 1 amide bonds. The first-order chi connectivity index (χ1) is 8.22. The summed E-state index contributed by atoms with van der Waals surface area (Å²) in [6.45, 7) is 0.427. The van der Waals surface area contributed by atoms with Gasteiger partial charge >= 0.3 is 6.09 Å². The van der Waals surface area contributed by atoms with E-state index in [1.807, 2.05) is 12.1 Å². The minimum absolute atomic E-state index is 0. The van der Waals surface area contributed by atoms with Crippen molar-refractivity contribution in [2.75, 3.05) is 20.8 Å². The summed E-state index contributed by atoms with van der Waals surface area (Å²) in [5.41, 5.74) is 0.956. The predicted octanol–water partition coefficient (Wildman–Crippen LogP) is 2.30. The van der Waals surface area contributed by atoms with E-state index < -0.39 is 0 Å². The van der Waals surface area contributed by atoms with E-state index in [1.54, 1.807) is 20.3 Å². The van der Waals surface area contributed by atoms with Gasteiger partial charge in [-0.2, -0.15) is 0 Å². The van der Waals surface area contributed by atoms with E-state index >= 15 is 0 Å². The van der Waals surface area contributed by atoms with E-state index in [-0.39, 0.29) is 24.5 Å². The SMILES string of the molecule is COc1cc(OC)cc([C@H]2CCOC(=O)N2)c1.Cl. The van der Waals surface area contributed by atoms with Gasteiger partial charge in [0.1, 0.15) is 11.5 Å². The van der Waals surface area contributed by atoms with E-state index in [0.717, 1.165) is 12.0 Å². The van der Waals surface area contributed by atoms with Crippen LogP contribution in [0.25, 0.3) is 0 Å². The number of hydrogen-bond donors (Lipinski definition) is 1. The lowest BCUT2D eigenvalue weighted by atomic mass is 10.0. The average Bonchev–Trinajstić information content (AvgIpc) is 2.38. The molecule has 1 saturated heterocycles. The van der Waals surface area contributed by atoms with Crippen molar-refractivity contribution in [3.63, 3.8) is 0 Å². The number of methoxy groups -OCH3 is 2. The van der Waals surface area contributed by atoms with Crippen LogP contribution in [0.2, 0.25) is 0 Å². The molecule has 18 heavy (non-hydrogen) atoms. The molecule has 1 heterocycles. The molecule has 5 nitrogen and oxygen atoms in total. The molecule has 0 aromatic heterocycles. The second-order valence-electron chi connectivity index (χ2n) is 3.77. The Balaban J connectivity index is 0.00000162. The summed E-state index contributed by atoms with van der Waals surface area (Å²) < 4.78 is 15.2. The van der Waals surface area contributed by atoms with Gasteiger partial charge in [0, 0.05) is 12.5 Å². The summed E-state index contributed by atoms with van der Waals surface area (Å²) in [6, 6.07) is 5.52. The van der Waals surface area contributed by atoms with E-state index in [9.17, 15) is 4.79 Å². The van der Waals surface area contributed by atoms with E-state index in [1.165, 1.54) is 0 Å². The summed E-state index contributed by atoms with van der Waals surface area (Å²) in [7, 11) is 3.20. The van der Waals surface area contributed by atoms with E-state index in [4.69, 9.17) is 14.2 Å². The summed E-state index contributed by atoms with van der Waals surface area (Å²) >= 11 is 0. The van der Waals surface area contributed by atoms with Crippen molar-refractivity contribution in [1.29, 1.82) is 0 Å². The second kappa shape index (κ2) is 6.35. The van der Waals surface area contributed by atoms with Crippen molar-refractivity contribution >= 4 is 18.5 Å². The Bertz CT molecular complexity index is 402. The minimum atomic E-state index is -0.386. The van der Waals surface area contributed by atoms with Gasteiger partial charge in [-0.15, -0.1) is 12.4 Å². The first-order valence-electron chi connectivity index (χ1n) is 5.39. The minimum Gasteiger partial charge on any atom is -0.497 e. The monoisotopic (exact) mass is 273 g/mol. The normalized spacial score (nSPS) is 18.1. The van der Waals surface area contributed by atoms with Crippen molar-refractivity contribution in [3.8, 4) is 11.5 Å². The lowest BCUT2D eigenvalue weighted by Gasteiger charge is -2.24.